The van der Waals surface area contributed by atoms with Crippen molar-refractivity contribution in [2.24, 2.45) is 0 Å². The number of hydrogen-bond acceptors (Lipinski definition) is 4. The Kier molecular flexibility index (Phi) is 4.83. The van der Waals surface area contributed by atoms with E-state index in [0.29, 0.717) is 5.56 Å². The molecule has 1 fully saturated rings. The van der Waals surface area contributed by atoms with Crippen LogP contribution in [-0.4, -0.2) is 31.5 Å². The molecule has 7 heteroatoms. The molecule has 2 aromatic rings. The fraction of sp³-hybridized carbons (Fsp3) is 0.333. The van der Waals surface area contributed by atoms with Gasteiger partial charge < -0.3 is 5.32 Å². The summed E-state index contributed by atoms with van der Waals surface area (Å²) in [5, 5.41) is 2.76. The Morgan fingerprint density at radius 1 is 1.00 bits per heavy atom. The zero-order chi connectivity index (χ0) is 20.9. The molecule has 28 heavy (non-hydrogen) atoms. The molecule has 3 rings (SSSR count). The topological polar surface area (TPSA) is 83.6 Å². The van der Waals surface area contributed by atoms with Gasteiger partial charge >= 0.3 is 6.03 Å². The van der Waals surface area contributed by atoms with Gasteiger partial charge in [0.2, 0.25) is 0 Å². The number of urea groups is 1. The van der Waals surface area contributed by atoms with E-state index in [9.17, 15) is 18.0 Å². The Labute approximate surface area is 165 Å². The van der Waals surface area contributed by atoms with Gasteiger partial charge in [-0.2, -0.15) is 0 Å². The molecule has 2 aromatic carbocycles. The van der Waals surface area contributed by atoms with Crippen molar-refractivity contribution in [3.63, 3.8) is 0 Å². The predicted octanol–water partition coefficient (Wildman–Crippen LogP) is 2.98. The zero-order valence-electron chi connectivity index (χ0n) is 16.7. The van der Waals surface area contributed by atoms with E-state index < -0.39 is 21.4 Å². The Hall–Kier alpha value is -2.67. The Morgan fingerprint density at radius 2 is 1.54 bits per heavy atom. The van der Waals surface area contributed by atoms with Crippen molar-refractivity contribution in [3.8, 4) is 0 Å². The second-order valence-corrected chi connectivity index (χ2v) is 9.64. The minimum absolute atomic E-state index is 0.166. The van der Waals surface area contributed by atoms with Crippen LogP contribution in [0.3, 0.4) is 0 Å². The molecule has 1 atom stereocenters. The number of carbonyl (C=O) groups is 2. The number of hydrogen-bond donors (Lipinski definition) is 1. The van der Waals surface area contributed by atoms with Crippen LogP contribution in [0, 0.1) is 20.8 Å². The Morgan fingerprint density at radius 3 is 2.04 bits per heavy atom. The maximum absolute atomic E-state index is 13.1. The van der Waals surface area contributed by atoms with Crippen molar-refractivity contribution in [1.29, 1.82) is 0 Å². The second-order valence-electron chi connectivity index (χ2n) is 7.62. The highest BCUT2D eigenvalue weighted by Crippen LogP contribution is 2.31. The van der Waals surface area contributed by atoms with Gasteiger partial charge in [0.1, 0.15) is 5.54 Å². The van der Waals surface area contributed by atoms with Crippen LogP contribution in [0.4, 0.5) is 4.79 Å². The summed E-state index contributed by atoms with van der Waals surface area (Å²) in [6.07, 6.45) is 1.13. The summed E-state index contributed by atoms with van der Waals surface area (Å²) in [5.74, 6) is -0.357. The van der Waals surface area contributed by atoms with Crippen LogP contribution in [0.15, 0.2) is 41.3 Å². The molecule has 1 heterocycles. The average molecular weight is 401 g/mol. The van der Waals surface area contributed by atoms with E-state index in [1.54, 1.807) is 19.1 Å². The lowest BCUT2D eigenvalue weighted by atomic mass is 9.92. The molecule has 6 nitrogen and oxygen atoms in total. The number of amides is 3. The highest BCUT2D eigenvalue weighted by atomic mass is 32.2. The fourth-order valence-electron chi connectivity index (χ4n) is 3.69. The monoisotopic (exact) mass is 400 g/mol. The maximum Gasteiger partial charge on any atom is 0.325 e. The van der Waals surface area contributed by atoms with Crippen LogP contribution >= 0.6 is 0 Å². The smallest absolute Gasteiger partial charge is 0.319 e. The maximum atomic E-state index is 13.1. The number of rotatable bonds is 4. The van der Waals surface area contributed by atoms with Crippen LogP contribution in [0.25, 0.3) is 0 Å². The number of nitrogens with zero attached hydrogens (tertiary/aromatic N) is 1. The van der Waals surface area contributed by atoms with Gasteiger partial charge in [0.15, 0.2) is 9.84 Å². The fourth-order valence-corrected chi connectivity index (χ4v) is 4.32. The molecule has 1 aliphatic heterocycles. The van der Waals surface area contributed by atoms with E-state index >= 15 is 0 Å². The quantitative estimate of drug-likeness (QED) is 0.800. The third kappa shape index (κ3) is 3.42. The van der Waals surface area contributed by atoms with Gasteiger partial charge in [0, 0.05) is 6.26 Å². The lowest BCUT2D eigenvalue weighted by Gasteiger charge is -2.23. The lowest BCUT2D eigenvalue weighted by Crippen LogP contribution is -2.40. The molecule has 0 bridgehead atoms. The highest BCUT2D eigenvalue weighted by molar-refractivity contribution is 7.90. The first-order valence-corrected chi connectivity index (χ1v) is 10.8. The van der Waals surface area contributed by atoms with Gasteiger partial charge in [-0.1, -0.05) is 29.8 Å². The van der Waals surface area contributed by atoms with Crippen molar-refractivity contribution in [1.82, 2.24) is 10.2 Å². The van der Waals surface area contributed by atoms with E-state index in [4.69, 9.17) is 0 Å². The van der Waals surface area contributed by atoms with Crippen molar-refractivity contribution in [3.05, 3.63) is 64.2 Å². The van der Waals surface area contributed by atoms with Gasteiger partial charge in [0.05, 0.1) is 11.4 Å². The van der Waals surface area contributed by atoms with Crippen LogP contribution in [0.2, 0.25) is 0 Å². The number of sulfone groups is 1. The van der Waals surface area contributed by atoms with Gasteiger partial charge in [-0.05, 0) is 62.1 Å². The summed E-state index contributed by atoms with van der Waals surface area (Å²) in [7, 11) is -3.33. The molecule has 0 aromatic heterocycles. The number of aryl methyl sites for hydroxylation is 3. The summed E-state index contributed by atoms with van der Waals surface area (Å²) >= 11 is 0. The highest BCUT2D eigenvalue weighted by Gasteiger charge is 2.49. The molecule has 3 amide bonds. The van der Waals surface area contributed by atoms with E-state index in [0.717, 1.165) is 28.5 Å². The van der Waals surface area contributed by atoms with Crippen LogP contribution < -0.4 is 5.32 Å². The summed E-state index contributed by atoms with van der Waals surface area (Å²) < 4.78 is 23.3. The summed E-state index contributed by atoms with van der Waals surface area (Å²) in [6, 6.07) is 9.65. The molecule has 148 valence electrons. The molecule has 1 saturated heterocycles. The zero-order valence-corrected chi connectivity index (χ0v) is 17.5. The average Bonchev–Trinajstić information content (AvgIpc) is 2.81. The van der Waals surface area contributed by atoms with Crippen LogP contribution in [-0.2, 0) is 26.7 Å². The first kappa shape index (κ1) is 20.1. The number of carbonyl (C=O) groups excluding carboxylic acids is 2. The Balaban J connectivity index is 1.93. The molecule has 1 N–H and O–H groups in total. The van der Waals surface area contributed by atoms with Gasteiger partial charge in [-0.3, -0.25) is 9.69 Å². The van der Waals surface area contributed by atoms with Crippen molar-refractivity contribution < 1.29 is 18.0 Å². The first-order valence-electron chi connectivity index (χ1n) is 8.95. The molecule has 0 aliphatic carbocycles. The molecule has 0 radical (unpaired) electrons. The minimum Gasteiger partial charge on any atom is -0.319 e. The number of benzene rings is 2. The van der Waals surface area contributed by atoms with Gasteiger partial charge in [0.25, 0.3) is 5.91 Å². The van der Waals surface area contributed by atoms with Crippen LogP contribution in [0.1, 0.15) is 34.7 Å². The van der Waals surface area contributed by atoms with E-state index in [1.807, 2.05) is 32.9 Å². The van der Waals surface area contributed by atoms with Crippen LogP contribution in [0.5, 0.6) is 0 Å². The third-order valence-electron chi connectivity index (χ3n) is 5.29. The van der Waals surface area contributed by atoms with E-state index in [-0.39, 0.29) is 17.3 Å². The largest absolute Gasteiger partial charge is 0.325 e. The second kappa shape index (κ2) is 6.74. The third-order valence-corrected chi connectivity index (χ3v) is 6.42. The van der Waals surface area contributed by atoms with Gasteiger partial charge in [-0.25, -0.2) is 13.2 Å². The standard InChI is InChI=1S/C21H24N2O4S/c1-13-10-14(2)18(15(3)11-13)12-23-19(24)21(4,22-20(23)25)16-6-8-17(9-7-16)28(5,26)27/h6-11H,12H2,1-5H3,(H,22,25)/t21-/m0/s1. The summed E-state index contributed by atoms with van der Waals surface area (Å²) in [4.78, 5) is 27.1. The molecular formula is C21H24N2O4S. The lowest BCUT2D eigenvalue weighted by molar-refractivity contribution is -0.131. The van der Waals surface area contributed by atoms with E-state index in [2.05, 4.69) is 5.32 Å². The summed E-state index contributed by atoms with van der Waals surface area (Å²) in [6.45, 7) is 7.78. The van der Waals surface area contributed by atoms with Crippen molar-refractivity contribution in [2.45, 2.75) is 44.7 Å². The number of imide groups is 1. The molecule has 0 saturated carbocycles. The molecule has 0 spiro atoms. The normalized spacial score (nSPS) is 19.8. The number of nitrogens with one attached hydrogen (secondary N) is 1. The predicted molar refractivity (Wildman–Crippen MR) is 107 cm³/mol. The van der Waals surface area contributed by atoms with Gasteiger partial charge in [-0.15, -0.1) is 0 Å². The van der Waals surface area contributed by atoms with Crippen molar-refractivity contribution in [2.75, 3.05) is 6.26 Å². The first-order chi connectivity index (χ1) is 12.9. The molecular weight excluding hydrogens is 376 g/mol. The molecule has 1 aliphatic rings. The van der Waals surface area contributed by atoms with Crippen molar-refractivity contribution >= 4 is 21.8 Å². The van der Waals surface area contributed by atoms with E-state index in [1.165, 1.54) is 17.0 Å². The minimum atomic E-state index is -3.33. The SMILES string of the molecule is Cc1cc(C)c(CN2C(=O)N[C@@](C)(c3ccc(S(C)(=O)=O)cc3)C2=O)c(C)c1. The molecule has 0 unspecified atom stereocenters. The Bertz CT molecular complexity index is 1050. The summed E-state index contributed by atoms with van der Waals surface area (Å²) in [5.41, 5.74) is 3.45.